The van der Waals surface area contributed by atoms with Crippen molar-refractivity contribution in [3.63, 3.8) is 0 Å². The Morgan fingerprint density at radius 2 is 2.05 bits per heavy atom. The van der Waals surface area contributed by atoms with Crippen LogP contribution in [-0.2, 0) is 16.4 Å². The Morgan fingerprint density at radius 3 is 2.65 bits per heavy atom. The lowest BCUT2D eigenvalue weighted by Gasteiger charge is -2.10. The highest BCUT2D eigenvalue weighted by Gasteiger charge is 2.18. The fraction of sp³-hybridized carbons (Fsp3) is 0.538. The molecule has 0 aliphatic heterocycles. The van der Waals surface area contributed by atoms with Crippen molar-refractivity contribution >= 4 is 32.6 Å². The lowest BCUT2D eigenvalue weighted by atomic mass is 10.3. The Bertz CT molecular complexity index is 723. The summed E-state index contributed by atoms with van der Waals surface area (Å²) in [6.07, 6.45) is 0. The van der Waals surface area contributed by atoms with Gasteiger partial charge >= 0.3 is 0 Å². The minimum absolute atomic E-state index is 0.0706. The average Bonchev–Trinajstić information content (AvgIpc) is 2.74. The van der Waals surface area contributed by atoms with Gasteiger partial charge in [0.1, 0.15) is 11.3 Å². The van der Waals surface area contributed by atoms with Crippen molar-refractivity contribution in [3.05, 3.63) is 23.7 Å². The molecule has 0 radical (unpaired) electrons. The number of aromatic nitrogens is 3. The van der Waals surface area contributed by atoms with Crippen LogP contribution in [0.25, 0.3) is 11.2 Å². The maximum atomic E-state index is 11.7. The minimum atomic E-state index is -3.04. The SMILES string of the molecule is CCS(=O)(=O)CCn1c(C(C)Cl)nc2ccc(C)nc21. The third-order valence-electron chi connectivity index (χ3n) is 3.18. The van der Waals surface area contributed by atoms with Crippen LogP contribution in [0.5, 0.6) is 0 Å². The number of aryl methyl sites for hydroxylation is 2. The van der Waals surface area contributed by atoms with E-state index in [2.05, 4.69) is 9.97 Å². The van der Waals surface area contributed by atoms with Crippen molar-refractivity contribution in [1.82, 2.24) is 14.5 Å². The van der Waals surface area contributed by atoms with Crippen LogP contribution in [0, 0.1) is 6.92 Å². The zero-order chi connectivity index (χ0) is 14.9. The fourth-order valence-electron chi connectivity index (χ4n) is 2.01. The number of halogens is 1. The molecule has 0 N–H and O–H groups in total. The van der Waals surface area contributed by atoms with Gasteiger partial charge in [0.05, 0.1) is 11.1 Å². The summed E-state index contributed by atoms with van der Waals surface area (Å²) in [6, 6.07) is 3.76. The molecule has 0 aromatic carbocycles. The molecular formula is C13H18ClN3O2S. The molecule has 0 saturated heterocycles. The minimum Gasteiger partial charge on any atom is -0.310 e. The third-order valence-corrected chi connectivity index (χ3v) is 5.06. The summed E-state index contributed by atoms with van der Waals surface area (Å²) in [4.78, 5) is 8.91. The number of alkyl halides is 1. The summed E-state index contributed by atoms with van der Waals surface area (Å²) in [5.41, 5.74) is 2.30. The van der Waals surface area contributed by atoms with E-state index in [1.54, 1.807) is 6.92 Å². The Morgan fingerprint density at radius 1 is 1.35 bits per heavy atom. The third kappa shape index (κ3) is 3.12. The molecule has 110 valence electrons. The van der Waals surface area contributed by atoms with Crippen molar-refractivity contribution in [3.8, 4) is 0 Å². The lowest BCUT2D eigenvalue weighted by molar-refractivity contribution is 0.588. The van der Waals surface area contributed by atoms with Gasteiger partial charge in [0.2, 0.25) is 0 Å². The summed E-state index contributed by atoms with van der Waals surface area (Å²) in [7, 11) is -3.04. The van der Waals surface area contributed by atoms with Crippen LogP contribution in [0.1, 0.15) is 30.7 Å². The van der Waals surface area contributed by atoms with Gasteiger partial charge in [-0.25, -0.2) is 18.4 Å². The fourth-order valence-corrected chi connectivity index (χ4v) is 2.93. The molecule has 0 aliphatic carbocycles. The highest BCUT2D eigenvalue weighted by molar-refractivity contribution is 7.91. The maximum Gasteiger partial charge on any atom is 0.160 e. The summed E-state index contributed by atoms with van der Waals surface area (Å²) in [6.45, 7) is 5.69. The van der Waals surface area contributed by atoms with Gasteiger partial charge in [-0.15, -0.1) is 11.6 Å². The van der Waals surface area contributed by atoms with E-state index in [1.165, 1.54) is 0 Å². The Balaban J connectivity index is 2.48. The van der Waals surface area contributed by atoms with Gasteiger partial charge in [-0.1, -0.05) is 6.92 Å². The van der Waals surface area contributed by atoms with Crippen molar-refractivity contribution in [2.24, 2.45) is 0 Å². The van der Waals surface area contributed by atoms with Gasteiger partial charge in [0, 0.05) is 18.0 Å². The molecule has 2 aromatic rings. The van der Waals surface area contributed by atoms with Crippen LogP contribution in [0.3, 0.4) is 0 Å². The molecule has 0 spiro atoms. The Hall–Kier alpha value is -1.14. The number of hydrogen-bond donors (Lipinski definition) is 0. The van der Waals surface area contributed by atoms with Gasteiger partial charge < -0.3 is 4.57 Å². The van der Waals surface area contributed by atoms with E-state index in [0.29, 0.717) is 18.0 Å². The number of sulfone groups is 1. The second-order valence-electron chi connectivity index (χ2n) is 4.77. The number of nitrogens with zero attached hydrogens (tertiary/aromatic N) is 3. The molecule has 1 atom stereocenters. The zero-order valence-corrected chi connectivity index (χ0v) is 13.4. The van der Waals surface area contributed by atoms with Crippen LogP contribution < -0.4 is 0 Å². The molecule has 2 aromatic heterocycles. The first-order valence-corrected chi connectivity index (χ1v) is 8.78. The largest absolute Gasteiger partial charge is 0.310 e. The molecule has 0 bridgehead atoms. The molecule has 5 nitrogen and oxygen atoms in total. The summed E-state index contributed by atoms with van der Waals surface area (Å²) < 4.78 is 25.2. The smallest absolute Gasteiger partial charge is 0.160 e. The quantitative estimate of drug-likeness (QED) is 0.795. The van der Waals surface area contributed by atoms with E-state index in [0.717, 1.165) is 11.2 Å². The summed E-state index contributed by atoms with van der Waals surface area (Å²) >= 11 is 6.14. The van der Waals surface area contributed by atoms with Crippen molar-refractivity contribution in [2.45, 2.75) is 32.7 Å². The predicted octanol–water partition coefficient (Wildman–Crippen LogP) is 2.47. The van der Waals surface area contributed by atoms with Crippen molar-refractivity contribution < 1.29 is 8.42 Å². The first-order chi connectivity index (χ1) is 9.34. The number of hydrogen-bond acceptors (Lipinski definition) is 4. The number of fused-ring (bicyclic) bond motifs is 1. The Kier molecular flexibility index (Phi) is 4.34. The molecular weight excluding hydrogens is 298 g/mol. The van der Waals surface area contributed by atoms with Crippen molar-refractivity contribution in [1.29, 1.82) is 0 Å². The van der Waals surface area contributed by atoms with Crippen LogP contribution >= 0.6 is 11.6 Å². The lowest BCUT2D eigenvalue weighted by Crippen LogP contribution is -2.16. The second kappa shape index (κ2) is 5.69. The van der Waals surface area contributed by atoms with E-state index in [1.807, 2.05) is 30.5 Å². The summed E-state index contributed by atoms with van der Waals surface area (Å²) in [5, 5.41) is -0.297. The van der Waals surface area contributed by atoms with Gasteiger partial charge in [-0.3, -0.25) is 0 Å². The van der Waals surface area contributed by atoms with Gasteiger partial charge in [-0.05, 0) is 26.0 Å². The molecule has 0 fully saturated rings. The van der Waals surface area contributed by atoms with Gasteiger partial charge in [-0.2, -0.15) is 0 Å². The van der Waals surface area contributed by atoms with Gasteiger partial charge in [0.25, 0.3) is 0 Å². The van der Waals surface area contributed by atoms with E-state index in [9.17, 15) is 8.42 Å². The molecule has 7 heteroatoms. The molecule has 2 rings (SSSR count). The first kappa shape index (κ1) is 15.3. The number of imidazole rings is 1. The number of rotatable bonds is 5. The van der Waals surface area contributed by atoms with E-state index in [4.69, 9.17) is 11.6 Å². The van der Waals surface area contributed by atoms with Crippen LogP contribution in [0.2, 0.25) is 0 Å². The highest BCUT2D eigenvalue weighted by atomic mass is 35.5. The van der Waals surface area contributed by atoms with Crippen LogP contribution in [-0.4, -0.2) is 34.5 Å². The molecule has 20 heavy (non-hydrogen) atoms. The average molecular weight is 316 g/mol. The van der Waals surface area contributed by atoms with Crippen LogP contribution in [0.4, 0.5) is 0 Å². The predicted molar refractivity (Wildman–Crippen MR) is 80.9 cm³/mol. The zero-order valence-electron chi connectivity index (χ0n) is 11.8. The molecule has 2 heterocycles. The first-order valence-electron chi connectivity index (χ1n) is 6.52. The Labute approximate surface area is 123 Å². The normalized spacial score (nSPS) is 13.8. The summed E-state index contributed by atoms with van der Waals surface area (Å²) in [5.74, 6) is 0.866. The molecule has 0 amide bonds. The highest BCUT2D eigenvalue weighted by Crippen LogP contribution is 2.23. The van der Waals surface area contributed by atoms with E-state index in [-0.39, 0.29) is 16.9 Å². The standard InChI is InChI=1S/C13H18ClN3O2S/c1-4-20(18,19)8-7-17-12(10(3)14)16-11-6-5-9(2)15-13(11)17/h5-6,10H,4,7-8H2,1-3H3. The molecule has 0 aliphatic rings. The second-order valence-corrected chi connectivity index (χ2v) is 7.90. The topological polar surface area (TPSA) is 64.8 Å². The monoisotopic (exact) mass is 315 g/mol. The van der Waals surface area contributed by atoms with E-state index >= 15 is 0 Å². The molecule has 0 saturated carbocycles. The number of pyridine rings is 1. The van der Waals surface area contributed by atoms with Crippen molar-refractivity contribution in [2.75, 3.05) is 11.5 Å². The van der Waals surface area contributed by atoms with Gasteiger partial charge in [0.15, 0.2) is 15.5 Å². The van der Waals surface area contributed by atoms with Crippen LogP contribution in [0.15, 0.2) is 12.1 Å². The maximum absolute atomic E-state index is 11.7. The van der Waals surface area contributed by atoms with E-state index < -0.39 is 9.84 Å². The molecule has 1 unspecified atom stereocenters.